The predicted molar refractivity (Wildman–Crippen MR) is 469 cm³/mol. The largest absolute Gasteiger partial charge is 0.370 e. The Morgan fingerprint density at radius 3 is 1.27 bits per heavy atom. The molecule has 5 aromatic carbocycles. The van der Waals surface area contributed by atoms with Crippen molar-refractivity contribution in [2.24, 2.45) is 17.2 Å². The summed E-state index contributed by atoms with van der Waals surface area (Å²) < 4.78 is 2.30. The summed E-state index contributed by atoms with van der Waals surface area (Å²) >= 11 is 0. The van der Waals surface area contributed by atoms with Crippen LogP contribution >= 0.6 is 0 Å². The molecule has 0 bridgehead atoms. The van der Waals surface area contributed by atoms with Gasteiger partial charge in [0.1, 0.15) is 42.3 Å². The highest BCUT2D eigenvalue weighted by Gasteiger charge is 2.36. The number of aromatic nitrogens is 9. The highest BCUT2D eigenvalue weighted by Crippen LogP contribution is 2.26. The van der Waals surface area contributed by atoms with Gasteiger partial charge >= 0.3 is 22.8 Å². The van der Waals surface area contributed by atoms with Crippen molar-refractivity contribution >= 4 is 131 Å². The molecule has 0 aliphatic heterocycles. The van der Waals surface area contributed by atoms with Gasteiger partial charge in [0.15, 0.2) is 11.9 Å². The van der Waals surface area contributed by atoms with E-state index in [4.69, 9.17) is 28.0 Å². The Kier molecular flexibility index (Phi) is 32.6. The summed E-state index contributed by atoms with van der Waals surface area (Å²) in [5, 5.41) is 44.3. The minimum atomic E-state index is -2.31. The second-order valence-corrected chi connectivity index (χ2v) is 30.1. The fourth-order valence-electron chi connectivity index (χ4n) is 14.2. The summed E-state index contributed by atoms with van der Waals surface area (Å²) in [4.78, 5) is 281. The highest BCUT2D eigenvalue weighted by molar-refractivity contribution is 6.16. The topological polar surface area (TPSA) is 681 Å². The predicted octanol–water partition coefficient (Wildman–Crippen LogP) is -4.49. The Balaban J connectivity index is 0.854. The first-order chi connectivity index (χ1) is 61.2. The van der Waals surface area contributed by atoms with Gasteiger partial charge in [-0.3, -0.25) is 106 Å². The van der Waals surface area contributed by atoms with Crippen LogP contribution in [0.5, 0.6) is 0 Å². The molecule has 0 saturated carbocycles. The van der Waals surface area contributed by atoms with Gasteiger partial charge in [-0.2, -0.15) is 0 Å². The van der Waals surface area contributed by atoms with E-state index in [1.807, 2.05) is 53.5 Å². The number of para-hydroxylation sites is 5. The number of fused-ring (bicyclic) bond motifs is 5. The van der Waals surface area contributed by atoms with Gasteiger partial charge in [0.2, 0.25) is 59.1 Å². The van der Waals surface area contributed by atoms with E-state index in [9.17, 15) is 81.5 Å². The first-order valence-electron chi connectivity index (χ1n) is 40.8. The zero-order valence-electron chi connectivity index (χ0n) is 69.6. The maximum Gasteiger partial charge on any atom is 0.328 e. The monoisotopic (exact) mass is 1760 g/mol. The van der Waals surface area contributed by atoms with Gasteiger partial charge < -0.3 is 95.5 Å². The average molecular weight is 1760 g/mol. The number of H-pyrrole nitrogens is 4. The second-order valence-electron chi connectivity index (χ2n) is 30.1. The number of carbonyl (C=O) groups is 11. The summed E-state index contributed by atoms with van der Waals surface area (Å²) in [6, 6.07) is 20.0. The average Bonchev–Trinajstić information content (AvgIpc) is 0.792. The van der Waals surface area contributed by atoms with Crippen molar-refractivity contribution in [2.75, 3.05) is 39.8 Å². The number of likely N-dealkylation sites (N-methyl/N-ethyl adjacent to an activating group) is 1. The van der Waals surface area contributed by atoms with E-state index in [0.29, 0.717) is 71.7 Å². The molecular weight excluding hydrogens is 1670 g/mol. The van der Waals surface area contributed by atoms with E-state index in [-0.39, 0.29) is 110 Å². The molecular formula is C83H98N26O19. The van der Waals surface area contributed by atoms with Crippen LogP contribution in [0, 0.1) is 10.8 Å². The molecule has 0 saturated heterocycles. The van der Waals surface area contributed by atoms with Crippen molar-refractivity contribution in [3.05, 3.63) is 223 Å². The number of hydrogen-bond donors (Lipinski definition) is 20. The van der Waals surface area contributed by atoms with E-state index in [1.54, 1.807) is 0 Å². The fourth-order valence-corrected chi connectivity index (χ4v) is 14.2. The van der Waals surface area contributed by atoms with Crippen LogP contribution in [0.3, 0.4) is 0 Å². The molecule has 10 rings (SSSR count). The van der Waals surface area contributed by atoms with Crippen molar-refractivity contribution in [1.29, 1.82) is 10.8 Å². The van der Waals surface area contributed by atoms with Gasteiger partial charge in [-0.05, 0) is 106 Å². The Morgan fingerprint density at radius 1 is 0.398 bits per heavy atom. The lowest BCUT2D eigenvalue weighted by atomic mass is 10.0. The minimum Gasteiger partial charge on any atom is -0.370 e. The Bertz CT molecular complexity index is 6370. The van der Waals surface area contributed by atoms with Gasteiger partial charge in [-0.1, -0.05) is 79.2 Å². The zero-order chi connectivity index (χ0) is 92.4. The number of guanidine groups is 2. The van der Waals surface area contributed by atoms with Crippen LogP contribution in [0.1, 0.15) is 87.9 Å². The number of amides is 11. The Hall–Kier alpha value is -16.0. The summed E-state index contributed by atoms with van der Waals surface area (Å²) in [5.41, 5.74) is 10.1. The van der Waals surface area contributed by atoms with E-state index in [2.05, 4.69) is 78.4 Å². The molecule has 128 heavy (non-hydrogen) atoms. The number of unbranched alkanes of at least 4 members (excludes halogenated alkanes) is 3. The molecule has 11 amide bonds. The third kappa shape index (κ3) is 25.4. The van der Waals surface area contributed by atoms with Crippen molar-refractivity contribution in [3.8, 4) is 0 Å². The SMILES string of the molecule is CC(=O)N[C@@H](CCCCNC(=O)c1c2ccccc2nc2ccccc12)C(=O)NCCCCCC(=O)N[C@@H](CCCNC(=N)N)C(=O)N[C@H](Cn1ccc(=O)[nH]c1=O)C(=O)N(C)CC(=O)N[C@H](Cn1c(=O)[nH]c2ccccc2c1=O)C(=O)N[C@H](Cn1c(=O)[nH]c2ccccc2c1=O)C(=O)N[C@H](Cn1c(=O)[nH]c2ccccc2c1=O)C(=O)N[C@@H](CCCNC(=N)N)C(N)=O. The number of carbonyl (C=O) groups excluding carboxylic acids is 11. The number of pyridine rings is 1. The van der Waals surface area contributed by atoms with E-state index in [0.717, 1.165) is 23.9 Å². The second kappa shape index (κ2) is 44.3. The number of nitrogens with zero attached hydrogens (tertiary/aromatic N) is 6. The Labute approximate surface area is 723 Å². The van der Waals surface area contributed by atoms with Crippen LogP contribution in [0.2, 0.25) is 0 Å². The third-order valence-corrected chi connectivity index (χ3v) is 20.7. The number of primary amides is 1. The molecule has 45 nitrogen and oxygen atoms in total. The molecule has 0 spiro atoms. The molecule has 5 heterocycles. The maximum absolute atomic E-state index is 15.4. The van der Waals surface area contributed by atoms with Gasteiger partial charge in [-0.25, -0.2) is 24.2 Å². The molecule has 0 radical (unpaired) electrons. The minimum absolute atomic E-state index is 0.00161. The summed E-state index contributed by atoms with van der Waals surface area (Å²) in [6.45, 7) is -3.55. The maximum atomic E-state index is 15.4. The van der Waals surface area contributed by atoms with Crippen LogP contribution in [0.4, 0.5) is 0 Å². The van der Waals surface area contributed by atoms with Crippen LogP contribution in [-0.2, 0) is 74.1 Å². The lowest BCUT2D eigenvalue weighted by Crippen LogP contribution is -2.62. The van der Waals surface area contributed by atoms with Crippen LogP contribution < -0.4 is 121 Å². The van der Waals surface area contributed by atoms with E-state index in [1.165, 1.54) is 79.7 Å². The number of hydrogen-bond acceptors (Lipinski definition) is 22. The molecule has 23 N–H and O–H groups in total. The van der Waals surface area contributed by atoms with Crippen molar-refractivity contribution in [3.63, 3.8) is 0 Å². The lowest BCUT2D eigenvalue weighted by molar-refractivity contribution is -0.140. The van der Waals surface area contributed by atoms with Crippen molar-refractivity contribution in [1.82, 2.24) is 107 Å². The molecule has 10 aromatic rings. The first-order valence-corrected chi connectivity index (χ1v) is 40.8. The normalized spacial score (nSPS) is 12.8. The molecule has 0 aliphatic rings. The molecule has 0 fully saturated rings. The quantitative estimate of drug-likeness (QED) is 0.00741. The number of nitrogens with two attached hydrogens (primary N) is 3. The smallest absolute Gasteiger partial charge is 0.328 e. The van der Waals surface area contributed by atoms with Crippen LogP contribution in [-0.4, -0.2) is 207 Å². The summed E-state index contributed by atoms with van der Waals surface area (Å²) in [5.74, 6) is -11.6. The Morgan fingerprint density at radius 2 is 0.797 bits per heavy atom. The van der Waals surface area contributed by atoms with Crippen molar-refractivity contribution < 1.29 is 52.7 Å². The number of aromatic amines is 4. The third-order valence-electron chi connectivity index (χ3n) is 20.7. The molecule has 0 unspecified atom stereocenters. The fraction of sp³-hybridized carbons (Fsp3) is 0.349. The van der Waals surface area contributed by atoms with E-state index < -0.39 is 191 Å². The summed E-state index contributed by atoms with van der Waals surface area (Å²) in [7, 11) is 1.03. The molecule has 674 valence electrons. The van der Waals surface area contributed by atoms with E-state index >= 15 is 9.59 Å². The van der Waals surface area contributed by atoms with Gasteiger partial charge in [0.05, 0.1) is 82.0 Å². The molecule has 0 aliphatic carbocycles. The zero-order valence-corrected chi connectivity index (χ0v) is 69.6. The molecule has 7 atom stereocenters. The van der Waals surface area contributed by atoms with Crippen molar-refractivity contribution in [2.45, 2.75) is 146 Å². The highest BCUT2D eigenvalue weighted by atomic mass is 16.2. The number of nitrogens with one attached hydrogen (secondary N) is 17. The number of benzene rings is 5. The van der Waals surface area contributed by atoms with Crippen LogP contribution in [0.25, 0.3) is 54.5 Å². The first kappa shape index (κ1) is 94.2. The molecule has 5 aromatic heterocycles. The van der Waals surface area contributed by atoms with Gasteiger partial charge in [0.25, 0.3) is 28.1 Å². The standard InChI is InChI=1S/C83H98N26O19/c1-45(110)93-57(30-15-17-36-90-73(120)66-46-20-5-10-25-51(46)94-52-26-11-6-21-47(52)66)68(115)89-35-16-3-4-33-63(111)95-58(32-19-38-92-79(87)88)69(116)100-62(40-106-39-34-64(112)104-80(106)125)77(124)105(2)44-65(113)96-59(41-107-74(121)48-22-7-12-27-53(48)101-81(107)126)70(117)98-61(43-109-76(123)50-24-9-14-29-55(50)103-83(109)128)72(119)99-60(71(118)97-56(67(84)114)31-18-37-91-78(85)86)42-108-75(122)49-23-8-13-28-54(49)102-82(108)127/h5-14,20-29,34,39,56-62H,3-4,15-19,30-33,35-38,40-44H2,1-2H3,(H2,84,114)(H,89,115)(H,90,120)(H,93,110)(H,95,111)(H,96,113)(H,97,118)(H,98,117)(H,99,119)(H,100,116)(H,101,126)(H,102,127)(H,103,128)(H4,85,86,91)(H4,87,88,92)(H,104,112,125)/t56-,57-,58-,59+,60+,61+,62+/m0/s1. The van der Waals surface area contributed by atoms with Gasteiger partial charge in [-0.15, -0.1) is 0 Å². The van der Waals surface area contributed by atoms with Gasteiger partial charge in [0, 0.05) is 69.6 Å². The molecule has 45 heteroatoms. The van der Waals surface area contributed by atoms with Crippen LogP contribution in [0.15, 0.2) is 172 Å². The lowest BCUT2D eigenvalue weighted by Gasteiger charge is -2.28. The summed E-state index contributed by atoms with van der Waals surface area (Å²) in [6.07, 6.45) is 2.59. The number of rotatable bonds is 44.